The van der Waals surface area contributed by atoms with Crippen molar-refractivity contribution in [2.24, 2.45) is 27.2 Å². The lowest BCUT2D eigenvalue weighted by molar-refractivity contribution is -0.123. The van der Waals surface area contributed by atoms with Crippen molar-refractivity contribution < 1.29 is 9.59 Å². The first kappa shape index (κ1) is 25.9. The molecule has 3 unspecified atom stereocenters. The van der Waals surface area contributed by atoms with Gasteiger partial charge in [-0.25, -0.2) is 9.98 Å². The van der Waals surface area contributed by atoms with Crippen molar-refractivity contribution in [1.29, 1.82) is 0 Å². The monoisotopic (exact) mass is 606 g/mol. The average Bonchev–Trinajstić information content (AvgIpc) is 3.40. The van der Waals surface area contributed by atoms with Gasteiger partial charge in [-0.1, -0.05) is 64.9 Å². The summed E-state index contributed by atoms with van der Waals surface area (Å²) in [6.07, 6.45) is 0.619. The molecule has 1 spiro atoms. The summed E-state index contributed by atoms with van der Waals surface area (Å²) in [5.74, 6) is -0.237. The van der Waals surface area contributed by atoms with Gasteiger partial charge in [-0.05, 0) is 61.2 Å². The molecule has 3 atom stereocenters. The maximum Gasteiger partial charge on any atom is 0.259 e. The predicted octanol–water partition coefficient (Wildman–Crippen LogP) is 7.43. The molecule has 2 aliphatic heterocycles. The normalized spacial score (nSPS) is 27.6. The van der Waals surface area contributed by atoms with Gasteiger partial charge in [0.05, 0.1) is 32.0 Å². The first-order valence-electron chi connectivity index (χ1n) is 11.9. The Kier molecular flexibility index (Phi) is 6.02. The van der Waals surface area contributed by atoms with E-state index in [9.17, 15) is 9.59 Å². The van der Waals surface area contributed by atoms with Crippen molar-refractivity contribution in [2.45, 2.75) is 27.2 Å². The third-order valence-electron chi connectivity index (χ3n) is 7.72. The van der Waals surface area contributed by atoms with Crippen LogP contribution in [-0.4, -0.2) is 23.5 Å². The van der Waals surface area contributed by atoms with Crippen LogP contribution in [0, 0.1) is 31.1 Å². The molecule has 1 saturated heterocycles. The molecule has 1 saturated carbocycles. The Labute approximate surface area is 243 Å². The first-order valence-corrected chi connectivity index (χ1v) is 13.8. The fourth-order valence-corrected chi connectivity index (χ4v) is 7.67. The number of hydrogen-bond acceptors (Lipinski definition) is 4. The van der Waals surface area contributed by atoms with E-state index in [0.29, 0.717) is 71.3 Å². The van der Waals surface area contributed by atoms with Crippen LogP contribution in [0.25, 0.3) is 0 Å². The second kappa shape index (κ2) is 8.83. The van der Waals surface area contributed by atoms with Crippen molar-refractivity contribution in [3.63, 3.8) is 0 Å². The quantitative estimate of drug-likeness (QED) is 0.380. The number of hydrogen-bond donors (Lipinski definition) is 2. The van der Waals surface area contributed by atoms with Crippen LogP contribution in [0.2, 0.25) is 10.0 Å². The van der Waals surface area contributed by atoms with Gasteiger partial charge in [-0.2, -0.15) is 0 Å². The summed E-state index contributed by atoms with van der Waals surface area (Å²) in [5, 5.41) is 7.72. The van der Waals surface area contributed by atoms with Crippen molar-refractivity contribution in [3.8, 4) is 0 Å². The van der Waals surface area contributed by atoms with Gasteiger partial charge in [0.1, 0.15) is 17.1 Å². The number of amidine groups is 2. The van der Waals surface area contributed by atoms with Crippen LogP contribution < -0.4 is 10.6 Å². The molecule has 2 fully saturated rings. The Balaban J connectivity index is 1.32. The number of benzene rings is 2. The van der Waals surface area contributed by atoms with E-state index < -0.39 is 5.41 Å². The molecule has 2 aliphatic carbocycles. The zero-order valence-corrected chi connectivity index (χ0v) is 24.1. The smallest absolute Gasteiger partial charge is 0.259 e. The van der Waals surface area contributed by atoms with Gasteiger partial charge in [-0.3, -0.25) is 9.59 Å². The maximum atomic E-state index is 13.0. The molecule has 2 N–H and O–H groups in total. The zero-order chi connectivity index (χ0) is 27.3. The number of nitrogens with zero attached hydrogens (tertiary/aromatic N) is 2. The highest BCUT2D eigenvalue weighted by molar-refractivity contribution is 6.46. The fraction of sp³-hybridized carbons (Fsp3) is 0.259. The molecule has 11 heteroatoms. The summed E-state index contributed by atoms with van der Waals surface area (Å²) in [4.78, 5) is 34.9. The van der Waals surface area contributed by atoms with Gasteiger partial charge in [0, 0.05) is 27.5 Å². The molecule has 0 aromatic heterocycles. The lowest BCUT2D eigenvalue weighted by atomic mass is 9.93. The molecule has 6 nitrogen and oxygen atoms in total. The second-order valence-corrected chi connectivity index (χ2v) is 11.6. The van der Waals surface area contributed by atoms with E-state index >= 15 is 0 Å². The van der Waals surface area contributed by atoms with E-state index in [4.69, 9.17) is 58.0 Å². The topological polar surface area (TPSA) is 82.9 Å². The molecular formula is C27H19Cl5N4O2. The maximum absolute atomic E-state index is 13.0. The molecule has 2 aromatic rings. The van der Waals surface area contributed by atoms with Crippen LogP contribution in [0.5, 0.6) is 0 Å². The zero-order valence-electron chi connectivity index (χ0n) is 20.3. The Morgan fingerprint density at radius 1 is 0.842 bits per heavy atom. The molecule has 2 heterocycles. The highest BCUT2D eigenvalue weighted by atomic mass is 35.5. The molecule has 194 valence electrons. The summed E-state index contributed by atoms with van der Waals surface area (Å²) in [6.45, 7) is 5.55. The Bertz CT molecular complexity index is 1620. The molecule has 6 rings (SSSR count). The number of fused-ring (bicyclic) bond motifs is 2. The number of rotatable bonds is 3. The number of piperidine rings is 1. The van der Waals surface area contributed by atoms with Crippen molar-refractivity contribution >= 4 is 92.9 Å². The van der Waals surface area contributed by atoms with Crippen molar-refractivity contribution in [2.75, 3.05) is 0 Å². The van der Waals surface area contributed by atoms with Gasteiger partial charge < -0.3 is 10.6 Å². The number of nitrogens with one attached hydrogen (secondary N) is 2. The van der Waals surface area contributed by atoms with Gasteiger partial charge in [0.25, 0.3) is 5.91 Å². The summed E-state index contributed by atoms with van der Waals surface area (Å²) in [5.41, 5.74) is 3.34. The number of aliphatic imine (C=N–C) groups is 2. The highest BCUT2D eigenvalue weighted by Crippen LogP contribution is 2.74. The van der Waals surface area contributed by atoms with E-state index in [1.165, 1.54) is 0 Å². The number of halogens is 5. The molecule has 38 heavy (non-hydrogen) atoms. The molecule has 2 amide bonds. The van der Waals surface area contributed by atoms with Crippen LogP contribution in [-0.2, 0) is 4.79 Å². The lowest BCUT2D eigenvalue weighted by Gasteiger charge is -2.22. The number of carbonyl (C=O) groups is 2. The van der Waals surface area contributed by atoms with Crippen LogP contribution in [0.3, 0.4) is 0 Å². The van der Waals surface area contributed by atoms with Gasteiger partial charge in [0.15, 0.2) is 0 Å². The number of carbonyl (C=O) groups excluding carboxylic acids is 2. The van der Waals surface area contributed by atoms with E-state index in [1.54, 1.807) is 31.2 Å². The summed E-state index contributed by atoms with van der Waals surface area (Å²) in [6, 6.07) is 7.08. The highest BCUT2D eigenvalue weighted by Gasteiger charge is 2.80. The standard InChI is InChI=1S/C27H19Cl5N4O2/c1-4-13-20(30)16-17-24(36-26(38)27(16,17)22(32)21(13)31)34-12-7-5-11(6-8-12)33-23-14-9(2)18(28)10(3)19(29)15(14)25(37)35-23/h5-8,16-17H,4H2,1-3H3,(H,33,35,37)(H,34,36,38). The molecular weight excluding hydrogens is 590 g/mol. The van der Waals surface area contributed by atoms with E-state index in [0.717, 1.165) is 11.1 Å². The van der Waals surface area contributed by atoms with E-state index in [2.05, 4.69) is 20.6 Å². The van der Waals surface area contributed by atoms with Crippen LogP contribution >= 0.6 is 58.0 Å². The Hall–Kier alpha value is -2.35. The van der Waals surface area contributed by atoms with Crippen LogP contribution in [0.1, 0.15) is 40.4 Å². The summed E-state index contributed by atoms with van der Waals surface area (Å²) in [7, 11) is 0. The first-order chi connectivity index (χ1) is 18.0. The van der Waals surface area contributed by atoms with Crippen LogP contribution in [0.15, 0.2) is 54.9 Å². The molecule has 0 radical (unpaired) electrons. The Morgan fingerprint density at radius 3 is 2.11 bits per heavy atom. The fourth-order valence-electron chi connectivity index (χ4n) is 5.76. The van der Waals surface area contributed by atoms with Gasteiger partial charge in [0.2, 0.25) is 5.91 Å². The molecule has 0 bridgehead atoms. The third kappa shape index (κ3) is 3.34. The molecule has 4 aliphatic rings. The Morgan fingerprint density at radius 2 is 1.47 bits per heavy atom. The van der Waals surface area contributed by atoms with Crippen molar-refractivity contribution in [1.82, 2.24) is 10.6 Å². The largest absolute Gasteiger partial charge is 0.313 e. The predicted molar refractivity (Wildman–Crippen MR) is 153 cm³/mol. The van der Waals surface area contributed by atoms with E-state index in [1.807, 2.05) is 13.8 Å². The van der Waals surface area contributed by atoms with E-state index in [-0.39, 0.29) is 23.7 Å². The summed E-state index contributed by atoms with van der Waals surface area (Å²) >= 11 is 32.6. The summed E-state index contributed by atoms with van der Waals surface area (Å²) < 4.78 is 0. The average molecular weight is 609 g/mol. The number of amides is 2. The van der Waals surface area contributed by atoms with Crippen LogP contribution in [0.4, 0.5) is 11.4 Å². The minimum atomic E-state index is -0.980. The lowest BCUT2D eigenvalue weighted by Crippen LogP contribution is -2.33. The second-order valence-electron chi connectivity index (χ2n) is 9.64. The SMILES string of the molecule is CCC1=C(Cl)C2C3C(=Nc4ccc(N=C5NC(=O)c6c(Cl)c(C)c(Cl)c(C)c65)cc4)NC(=O)C32C(Cl)=C1Cl. The minimum Gasteiger partial charge on any atom is -0.313 e. The molecule has 2 aromatic carbocycles. The van der Waals surface area contributed by atoms with Gasteiger partial charge >= 0.3 is 0 Å². The minimum absolute atomic E-state index is 0.246. The third-order valence-corrected chi connectivity index (χ3v) is 10.2. The number of allylic oxidation sites excluding steroid dienone is 3. The van der Waals surface area contributed by atoms with Gasteiger partial charge in [-0.15, -0.1) is 0 Å². The van der Waals surface area contributed by atoms with Crippen molar-refractivity contribution in [3.05, 3.63) is 77.2 Å².